The van der Waals surface area contributed by atoms with E-state index in [4.69, 9.17) is 0 Å². The molecule has 0 saturated carbocycles. The quantitative estimate of drug-likeness (QED) is 0.785. The number of fused-ring (bicyclic) bond motifs is 2. The maximum absolute atomic E-state index is 13.6. The van der Waals surface area contributed by atoms with Crippen molar-refractivity contribution in [3.63, 3.8) is 0 Å². The van der Waals surface area contributed by atoms with E-state index in [1.807, 2.05) is 0 Å². The third-order valence-electron chi connectivity index (χ3n) is 4.72. The van der Waals surface area contributed by atoms with Crippen molar-refractivity contribution in [2.24, 2.45) is 0 Å². The lowest BCUT2D eigenvalue weighted by atomic mass is 10.1. The number of nitrogens with one attached hydrogen (secondary N) is 1. The van der Waals surface area contributed by atoms with E-state index < -0.39 is 0 Å². The minimum atomic E-state index is -0.272. The Labute approximate surface area is 149 Å². The van der Waals surface area contributed by atoms with Gasteiger partial charge in [0.2, 0.25) is 0 Å². The molecule has 0 radical (unpaired) electrons. The third-order valence-corrected chi connectivity index (χ3v) is 4.72. The van der Waals surface area contributed by atoms with E-state index in [0.717, 1.165) is 18.7 Å². The number of carbonyl (C=O) groups is 1. The Bertz CT molecular complexity index is 1060. The van der Waals surface area contributed by atoms with Crippen LogP contribution in [0.25, 0.3) is 10.9 Å². The SMILES string of the molecule is O=C(NCCc1ccccc1F)c1ccc2c(=O)n3c(nc2c1)CCC3. The summed E-state index contributed by atoms with van der Waals surface area (Å²) in [5.41, 5.74) is 1.51. The maximum atomic E-state index is 13.6. The average Bonchev–Trinajstić information content (AvgIpc) is 3.11. The molecule has 2 aromatic carbocycles. The molecule has 6 heteroatoms. The Morgan fingerprint density at radius 2 is 2.08 bits per heavy atom. The highest BCUT2D eigenvalue weighted by Crippen LogP contribution is 2.16. The van der Waals surface area contributed by atoms with Gasteiger partial charge in [-0.05, 0) is 42.7 Å². The molecule has 1 aromatic heterocycles. The van der Waals surface area contributed by atoms with Gasteiger partial charge in [0.15, 0.2) is 0 Å². The molecule has 1 N–H and O–H groups in total. The summed E-state index contributed by atoms with van der Waals surface area (Å²) in [4.78, 5) is 29.3. The lowest BCUT2D eigenvalue weighted by Crippen LogP contribution is -2.26. The second-order valence-electron chi connectivity index (χ2n) is 6.42. The van der Waals surface area contributed by atoms with Gasteiger partial charge in [-0.25, -0.2) is 9.37 Å². The number of hydrogen-bond acceptors (Lipinski definition) is 3. The zero-order valence-corrected chi connectivity index (χ0v) is 14.2. The van der Waals surface area contributed by atoms with Crippen molar-refractivity contribution in [3.05, 3.63) is 75.6 Å². The van der Waals surface area contributed by atoms with Crippen LogP contribution in [-0.2, 0) is 19.4 Å². The fourth-order valence-corrected chi connectivity index (χ4v) is 3.34. The zero-order valence-electron chi connectivity index (χ0n) is 14.2. The van der Waals surface area contributed by atoms with Crippen LogP contribution < -0.4 is 10.9 Å². The first-order chi connectivity index (χ1) is 12.6. The molecular weight excluding hydrogens is 333 g/mol. The van der Waals surface area contributed by atoms with Gasteiger partial charge in [-0.1, -0.05) is 18.2 Å². The summed E-state index contributed by atoms with van der Waals surface area (Å²) in [5, 5.41) is 3.32. The molecule has 1 aliphatic heterocycles. The highest BCUT2D eigenvalue weighted by Gasteiger charge is 2.17. The molecule has 26 heavy (non-hydrogen) atoms. The smallest absolute Gasteiger partial charge is 0.261 e. The van der Waals surface area contributed by atoms with E-state index >= 15 is 0 Å². The van der Waals surface area contributed by atoms with Crippen molar-refractivity contribution < 1.29 is 9.18 Å². The zero-order chi connectivity index (χ0) is 18.1. The molecule has 5 nitrogen and oxygen atoms in total. The molecule has 0 atom stereocenters. The lowest BCUT2D eigenvalue weighted by Gasteiger charge is -2.08. The third kappa shape index (κ3) is 2.98. The molecule has 1 amide bonds. The summed E-state index contributed by atoms with van der Waals surface area (Å²) in [5.74, 6) is 0.247. The number of hydrogen-bond donors (Lipinski definition) is 1. The molecule has 1 aliphatic rings. The molecule has 0 spiro atoms. The van der Waals surface area contributed by atoms with Gasteiger partial charge in [-0.15, -0.1) is 0 Å². The number of rotatable bonds is 4. The lowest BCUT2D eigenvalue weighted by molar-refractivity contribution is 0.0954. The Kier molecular flexibility index (Phi) is 4.24. The van der Waals surface area contributed by atoms with Gasteiger partial charge in [0, 0.05) is 25.1 Å². The Morgan fingerprint density at radius 1 is 1.23 bits per heavy atom. The maximum Gasteiger partial charge on any atom is 0.261 e. The van der Waals surface area contributed by atoms with Crippen molar-refractivity contribution in [1.82, 2.24) is 14.9 Å². The van der Waals surface area contributed by atoms with Crippen molar-refractivity contribution in [2.75, 3.05) is 6.54 Å². The molecule has 0 unspecified atom stereocenters. The van der Waals surface area contributed by atoms with Crippen molar-refractivity contribution in [2.45, 2.75) is 25.8 Å². The van der Waals surface area contributed by atoms with E-state index in [9.17, 15) is 14.0 Å². The average molecular weight is 351 g/mol. The molecular formula is C20H18FN3O2. The van der Waals surface area contributed by atoms with Gasteiger partial charge in [-0.3, -0.25) is 14.2 Å². The minimum absolute atomic E-state index is 0.0472. The Balaban J connectivity index is 1.51. The van der Waals surface area contributed by atoms with Crippen LogP contribution in [0.4, 0.5) is 4.39 Å². The fourth-order valence-electron chi connectivity index (χ4n) is 3.34. The normalized spacial score (nSPS) is 13.0. The van der Waals surface area contributed by atoms with Crippen molar-refractivity contribution in [3.8, 4) is 0 Å². The van der Waals surface area contributed by atoms with Crippen molar-refractivity contribution in [1.29, 1.82) is 0 Å². The number of aryl methyl sites for hydroxylation is 1. The van der Waals surface area contributed by atoms with Gasteiger partial charge in [-0.2, -0.15) is 0 Å². The van der Waals surface area contributed by atoms with Crippen molar-refractivity contribution >= 4 is 16.8 Å². The predicted molar refractivity (Wildman–Crippen MR) is 96.8 cm³/mol. The van der Waals surface area contributed by atoms with Crippen LogP contribution in [0.15, 0.2) is 47.3 Å². The summed E-state index contributed by atoms with van der Waals surface area (Å²) < 4.78 is 15.3. The first-order valence-electron chi connectivity index (χ1n) is 8.68. The van der Waals surface area contributed by atoms with Gasteiger partial charge >= 0.3 is 0 Å². The topological polar surface area (TPSA) is 64.0 Å². The van der Waals surface area contributed by atoms with Gasteiger partial charge in [0.25, 0.3) is 11.5 Å². The molecule has 2 heterocycles. The monoisotopic (exact) mass is 351 g/mol. The number of carbonyl (C=O) groups excluding carboxylic acids is 1. The van der Waals surface area contributed by atoms with E-state index in [0.29, 0.717) is 41.5 Å². The van der Waals surface area contributed by atoms with Gasteiger partial charge in [0.1, 0.15) is 11.6 Å². The van der Waals surface area contributed by atoms with E-state index in [1.165, 1.54) is 6.07 Å². The fraction of sp³-hybridized carbons (Fsp3) is 0.250. The van der Waals surface area contributed by atoms with Crippen LogP contribution >= 0.6 is 0 Å². The van der Waals surface area contributed by atoms with Gasteiger partial charge in [0.05, 0.1) is 10.9 Å². The molecule has 4 rings (SSSR count). The molecule has 0 saturated heterocycles. The minimum Gasteiger partial charge on any atom is -0.352 e. The molecule has 0 fully saturated rings. The first kappa shape index (κ1) is 16.4. The summed E-state index contributed by atoms with van der Waals surface area (Å²) in [6.45, 7) is 1.04. The summed E-state index contributed by atoms with van der Waals surface area (Å²) >= 11 is 0. The molecule has 132 valence electrons. The highest BCUT2D eigenvalue weighted by atomic mass is 19.1. The molecule has 0 aliphatic carbocycles. The summed E-state index contributed by atoms with van der Waals surface area (Å²) in [6, 6.07) is 11.5. The van der Waals surface area contributed by atoms with E-state index in [2.05, 4.69) is 10.3 Å². The first-order valence-corrected chi connectivity index (χ1v) is 8.68. The molecule has 3 aromatic rings. The molecule has 0 bridgehead atoms. The number of aromatic nitrogens is 2. The standard InChI is InChI=1S/C20H18FN3O2/c21-16-5-2-1-4-13(16)9-10-22-19(25)14-7-8-15-17(12-14)23-18-6-3-11-24(18)20(15)26/h1-2,4-5,7-8,12H,3,6,9-11H2,(H,22,25). The summed E-state index contributed by atoms with van der Waals surface area (Å²) in [7, 11) is 0. The van der Waals surface area contributed by atoms with Crippen LogP contribution in [0.3, 0.4) is 0 Å². The largest absolute Gasteiger partial charge is 0.352 e. The number of halogens is 1. The highest BCUT2D eigenvalue weighted by molar-refractivity contribution is 5.97. The van der Waals surface area contributed by atoms with Gasteiger partial charge < -0.3 is 5.32 Å². The van der Waals surface area contributed by atoms with Crippen LogP contribution in [0, 0.1) is 5.82 Å². The van der Waals surface area contributed by atoms with Crippen LogP contribution in [0.2, 0.25) is 0 Å². The van der Waals surface area contributed by atoms with Crippen LogP contribution in [0.5, 0.6) is 0 Å². The van der Waals surface area contributed by atoms with E-state index in [-0.39, 0.29) is 17.3 Å². The number of nitrogens with zero attached hydrogens (tertiary/aromatic N) is 2. The summed E-state index contributed by atoms with van der Waals surface area (Å²) in [6.07, 6.45) is 2.12. The van der Waals surface area contributed by atoms with E-state index in [1.54, 1.807) is 41.0 Å². The second-order valence-corrected chi connectivity index (χ2v) is 6.42. The number of benzene rings is 2. The Morgan fingerprint density at radius 3 is 2.92 bits per heavy atom. The van der Waals surface area contributed by atoms with Crippen LogP contribution in [-0.4, -0.2) is 22.0 Å². The number of amides is 1. The second kappa shape index (κ2) is 6.71. The Hall–Kier alpha value is -3.02. The van der Waals surface area contributed by atoms with Crippen LogP contribution in [0.1, 0.15) is 28.2 Å². The predicted octanol–water partition coefficient (Wildman–Crippen LogP) is 2.45.